The number of halogens is 1. The second-order valence-corrected chi connectivity index (χ2v) is 4.82. The van der Waals surface area contributed by atoms with E-state index < -0.39 is 0 Å². The van der Waals surface area contributed by atoms with E-state index in [4.69, 9.17) is 10.5 Å². The van der Waals surface area contributed by atoms with Gasteiger partial charge >= 0.3 is 0 Å². The van der Waals surface area contributed by atoms with E-state index in [-0.39, 0.29) is 11.5 Å². The molecule has 1 aromatic carbocycles. The molecule has 1 fully saturated rings. The molecule has 4 heteroatoms. The number of nitrogens with two attached hydrogens (primary N) is 1. The SMILES string of the molecule is CCN(Cc1ccc(N)c(F)c1)CC1CCCO1. The fourth-order valence-electron chi connectivity index (χ4n) is 2.31. The highest BCUT2D eigenvalue weighted by Gasteiger charge is 2.18. The lowest BCUT2D eigenvalue weighted by molar-refractivity contribution is 0.0725. The van der Waals surface area contributed by atoms with E-state index in [9.17, 15) is 4.39 Å². The topological polar surface area (TPSA) is 38.5 Å². The van der Waals surface area contributed by atoms with Gasteiger partial charge in [-0.05, 0) is 37.1 Å². The van der Waals surface area contributed by atoms with Crippen molar-refractivity contribution in [3.05, 3.63) is 29.6 Å². The van der Waals surface area contributed by atoms with Crippen LogP contribution < -0.4 is 5.73 Å². The second-order valence-electron chi connectivity index (χ2n) is 4.82. The first kappa shape index (κ1) is 13.3. The van der Waals surface area contributed by atoms with Crippen LogP contribution in [0.2, 0.25) is 0 Å². The molecular formula is C14H21FN2O. The summed E-state index contributed by atoms with van der Waals surface area (Å²) in [5, 5.41) is 0. The molecule has 1 aliphatic rings. The second kappa shape index (κ2) is 6.16. The van der Waals surface area contributed by atoms with Gasteiger partial charge in [-0.15, -0.1) is 0 Å². The predicted molar refractivity (Wildman–Crippen MR) is 70.7 cm³/mol. The zero-order valence-corrected chi connectivity index (χ0v) is 10.9. The van der Waals surface area contributed by atoms with E-state index in [1.165, 1.54) is 6.07 Å². The van der Waals surface area contributed by atoms with Crippen LogP contribution in [0, 0.1) is 5.82 Å². The molecule has 1 heterocycles. The number of likely N-dealkylation sites (N-methyl/N-ethyl adjacent to an activating group) is 1. The first-order valence-corrected chi connectivity index (χ1v) is 6.57. The zero-order chi connectivity index (χ0) is 13.0. The van der Waals surface area contributed by atoms with Crippen LogP contribution >= 0.6 is 0 Å². The molecule has 2 rings (SSSR count). The molecule has 0 aromatic heterocycles. The van der Waals surface area contributed by atoms with Gasteiger partial charge in [0.1, 0.15) is 5.82 Å². The molecule has 1 aliphatic heterocycles. The lowest BCUT2D eigenvalue weighted by atomic mass is 10.1. The quantitative estimate of drug-likeness (QED) is 0.818. The van der Waals surface area contributed by atoms with Crippen molar-refractivity contribution in [2.45, 2.75) is 32.4 Å². The average Bonchev–Trinajstić information content (AvgIpc) is 2.86. The number of anilines is 1. The van der Waals surface area contributed by atoms with Crippen LogP contribution in [-0.2, 0) is 11.3 Å². The Balaban J connectivity index is 1.94. The van der Waals surface area contributed by atoms with Crippen molar-refractivity contribution >= 4 is 5.69 Å². The number of benzene rings is 1. The Kier molecular flexibility index (Phi) is 4.55. The van der Waals surface area contributed by atoms with E-state index in [0.717, 1.165) is 44.6 Å². The molecule has 0 aliphatic carbocycles. The van der Waals surface area contributed by atoms with Crippen LogP contribution in [0.5, 0.6) is 0 Å². The molecule has 2 N–H and O–H groups in total. The number of nitrogen functional groups attached to an aromatic ring is 1. The average molecular weight is 252 g/mol. The van der Waals surface area contributed by atoms with Gasteiger partial charge in [-0.1, -0.05) is 13.0 Å². The zero-order valence-electron chi connectivity index (χ0n) is 10.9. The molecule has 3 nitrogen and oxygen atoms in total. The Morgan fingerprint density at radius 2 is 2.33 bits per heavy atom. The van der Waals surface area contributed by atoms with Gasteiger partial charge in [0, 0.05) is 19.7 Å². The maximum Gasteiger partial charge on any atom is 0.146 e. The van der Waals surface area contributed by atoms with E-state index in [1.807, 2.05) is 6.07 Å². The number of hydrogen-bond donors (Lipinski definition) is 1. The molecule has 100 valence electrons. The molecule has 1 atom stereocenters. The van der Waals surface area contributed by atoms with Crippen molar-refractivity contribution in [2.24, 2.45) is 0 Å². The summed E-state index contributed by atoms with van der Waals surface area (Å²) in [6.07, 6.45) is 2.62. The van der Waals surface area contributed by atoms with Gasteiger partial charge in [-0.3, -0.25) is 4.90 Å². The summed E-state index contributed by atoms with van der Waals surface area (Å²) in [7, 11) is 0. The van der Waals surface area contributed by atoms with Crippen molar-refractivity contribution in [3.8, 4) is 0 Å². The van der Waals surface area contributed by atoms with Crippen LogP contribution in [-0.4, -0.2) is 30.7 Å². The van der Waals surface area contributed by atoms with Gasteiger partial charge < -0.3 is 10.5 Å². The summed E-state index contributed by atoms with van der Waals surface area (Å²) in [6, 6.07) is 5.04. The Hall–Kier alpha value is -1.13. The molecule has 0 amide bonds. The van der Waals surface area contributed by atoms with E-state index in [2.05, 4.69) is 11.8 Å². The summed E-state index contributed by atoms with van der Waals surface area (Å²) in [5.41, 5.74) is 6.64. The number of ether oxygens (including phenoxy) is 1. The van der Waals surface area contributed by atoms with Crippen LogP contribution in [0.4, 0.5) is 10.1 Å². The molecule has 18 heavy (non-hydrogen) atoms. The minimum Gasteiger partial charge on any atom is -0.396 e. The normalized spacial score (nSPS) is 19.6. The van der Waals surface area contributed by atoms with Gasteiger partial charge in [0.2, 0.25) is 0 Å². The number of nitrogens with zero attached hydrogens (tertiary/aromatic N) is 1. The van der Waals surface area contributed by atoms with Crippen LogP contribution in [0.1, 0.15) is 25.3 Å². The molecular weight excluding hydrogens is 231 g/mol. The standard InChI is InChI=1S/C14H21FN2O/c1-2-17(10-12-4-3-7-18-12)9-11-5-6-14(16)13(15)8-11/h5-6,8,12H,2-4,7,9-10,16H2,1H3. The van der Waals surface area contributed by atoms with Crippen molar-refractivity contribution in [1.82, 2.24) is 4.90 Å². The fraction of sp³-hybridized carbons (Fsp3) is 0.571. The summed E-state index contributed by atoms with van der Waals surface area (Å²) in [6.45, 7) is 5.59. The van der Waals surface area contributed by atoms with Gasteiger partial charge in [-0.25, -0.2) is 4.39 Å². The Morgan fingerprint density at radius 1 is 1.50 bits per heavy atom. The van der Waals surface area contributed by atoms with Crippen LogP contribution in [0.3, 0.4) is 0 Å². The molecule has 1 saturated heterocycles. The maximum atomic E-state index is 13.4. The monoisotopic (exact) mass is 252 g/mol. The summed E-state index contributed by atoms with van der Waals surface area (Å²) in [4.78, 5) is 2.28. The van der Waals surface area contributed by atoms with Crippen molar-refractivity contribution < 1.29 is 9.13 Å². The first-order chi connectivity index (χ1) is 8.69. The van der Waals surface area contributed by atoms with Gasteiger partial charge in [-0.2, -0.15) is 0 Å². The third kappa shape index (κ3) is 3.43. The van der Waals surface area contributed by atoms with E-state index in [1.54, 1.807) is 6.07 Å². The summed E-state index contributed by atoms with van der Waals surface area (Å²) < 4.78 is 19.0. The van der Waals surface area contributed by atoms with Crippen molar-refractivity contribution in [2.75, 3.05) is 25.4 Å². The van der Waals surface area contributed by atoms with Gasteiger partial charge in [0.25, 0.3) is 0 Å². The maximum absolute atomic E-state index is 13.4. The highest BCUT2D eigenvalue weighted by molar-refractivity contribution is 5.41. The van der Waals surface area contributed by atoms with Crippen LogP contribution in [0.15, 0.2) is 18.2 Å². The third-order valence-electron chi connectivity index (χ3n) is 3.40. The Labute approximate surface area is 108 Å². The lowest BCUT2D eigenvalue weighted by Gasteiger charge is -2.23. The van der Waals surface area contributed by atoms with Gasteiger partial charge in [0.15, 0.2) is 0 Å². The Bertz CT molecular complexity index is 391. The predicted octanol–water partition coefficient (Wildman–Crippen LogP) is 2.41. The van der Waals surface area contributed by atoms with Crippen molar-refractivity contribution in [1.29, 1.82) is 0 Å². The Morgan fingerprint density at radius 3 is 2.94 bits per heavy atom. The number of rotatable bonds is 5. The number of hydrogen-bond acceptors (Lipinski definition) is 3. The van der Waals surface area contributed by atoms with Crippen LogP contribution in [0.25, 0.3) is 0 Å². The minimum absolute atomic E-state index is 0.209. The summed E-state index contributed by atoms with van der Waals surface area (Å²) >= 11 is 0. The van der Waals surface area contributed by atoms with Gasteiger partial charge in [0.05, 0.1) is 11.8 Å². The van der Waals surface area contributed by atoms with Crippen molar-refractivity contribution in [3.63, 3.8) is 0 Å². The van der Waals surface area contributed by atoms with E-state index in [0.29, 0.717) is 6.10 Å². The molecule has 1 unspecified atom stereocenters. The first-order valence-electron chi connectivity index (χ1n) is 6.57. The minimum atomic E-state index is -0.333. The molecule has 0 radical (unpaired) electrons. The lowest BCUT2D eigenvalue weighted by Crippen LogP contribution is -2.31. The fourth-order valence-corrected chi connectivity index (χ4v) is 2.31. The summed E-state index contributed by atoms with van der Waals surface area (Å²) in [5.74, 6) is -0.333. The largest absolute Gasteiger partial charge is 0.396 e. The molecule has 0 saturated carbocycles. The highest BCUT2D eigenvalue weighted by atomic mass is 19.1. The van der Waals surface area contributed by atoms with E-state index >= 15 is 0 Å². The molecule has 0 bridgehead atoms. The molecule has 0 spiro atoms. The smallest absolute Gasteiger partial charge is 0.146 e. The molecule has 1 aromatic rings. The highest BCUT2D eigenvalue weighted by Crippen LogP contribution is 2.17. The third-order valence-corrected chi connectivity index (χ3v) is 3.40.